The second kappa shape index (κ2) is 7.24. The Morgan fingerprint density at radius 1 is 1.50 bits per heavy atom. The normalized spacial score (nSPS) is 20.1. The number of hydrogen-bond donors (Lipinski definition) is 2. The lowest BCUT2D eigenvalue weighted by Crippen LogP contribution is -2.32. The Kier molecular flexibility index (Phi) is 5.63. The zero-order chi connectivity index (χ0) is 12.8. The standard InChI is InChI=1S/C14H23NO2S/c1-11(14-7-4-8-18-14)15-9-12(16)10-17-13-5-2-3-6-13/h4,7-8,11-13,15-16H,2-3,5-6,9-10H2,1H3. The number of nitrogens with one attached hydrogen (secondary N) is 1. The molecule has 3 nitrogen and oxygen atoms in total. The van der Waals surface area contributed by atoms with Gasteiger partial charge in [0, 0.05) is 17.5 Å². The first-order valence-corrected chi connectivity index (χ1v) is 7.70. The summed E-state index contributed by atoms with van der Waals surface area (Å²) in [7, 11) is 0. The molecule has 1 heterocycles. The second-order valence-electron chi connectivity index (χ2n) is 5.04. The molecule has 1 fully saturated rings. The highest BCUT2D eigenvalue weighted by atomic mass is 32.1. The Balaban J connectivity index is 1.60. The van der Waals surface area contributed by atoms with Gasteiger partial charge in [-0.3, -0.25) is 0 Å². The number of rotatable bonds is 7. The van der Waals surface area contributed by atoms with Crippen LogP contribution >= 0.6 is 11.3 Å². The first-order chi connectivity index (χ1) is 8.75. The molecule has 2 unspecified atom stereocenters. The van der Waals surface area contributed by atoms with E-state index in [1.807, 2.05) is 0 Å². The van der Waals surface area contributed by atoms with Gasteiger partial charge in [0.25, 0.3) is 0 Å². The first kappa shape index (κ1) is 14.0. The summed E-state index contributed by atoms with van der Waals surface area (Å²) in [6, 6.07) is 4.47. The van der Waals surface area contributed by atoms with Crippen molar-refractivity contribution >= 4 is 11.3 Å². The van der Waals surface area contributed by atoms with E-state index in [4.69, 9.17) is 4.74 Å². The van der Waals surface area contributed by atoms with Gasteiger partial charge < -0.3 is 15.2 Å². The molecule has 0 amide bonds. The van der Waals surface area contributed by atoms with Gasteiger partial charge in [0.05, 0.1) is 18.8 Å². The molecule has 1 saturated carbocycles. The van der Waals surface area contributed by atoms with E-state index < -0.39 is 6.10 Å². The smallest absolute Gasteiger partial charge is 0.0898 e. The highest BCUT2D eigenvalue weighted by Gasteiger charge is 2.17. The van der Waals surface area contributed by atoms with Crippen LogP contribution in [-0.4, -0.2) is 30.5 Å². The number of aliphatic hydroxyl groups is 1. The minimum Gasteiger partial charge on any atom is -0.389 e. The molecule has 1 aromatic heterocycles. The zero-order valence-corrected chi connectivity index (χ0v) is 11.8. The molecule has 102 valence electrons. The summed E-state index contributed by atoms with van der Waals surface area (Å²) >= 11 is 1.74. The lowest BCUT2D eigenvalue weighted by Gasteiger charge is -2.18. The van der Waals surface area contributed by atoms with Gasteiger partial charge in [0.1, 0.15) is 0 Å². The van der Waals surface area contributed by atoms with Crippen molar-refractivity contribution in [2.24, 2.45) is 0 Å². The third kappa shape index (κ3) is 4.35. The van der Waals surface area contributed by atoms with Crippen LogP contribution in [0.15, 0.2) is 17.5 Å². The maximum Gasteiger partial charge on any atom is 0.0898 e. The van der Waals surface area contributed by atoms with Crippen molar-refractivity contribution in [1.29, 1.82) is 0 Å². The van der Waals surface area contributed by atoms with Crippen LogP contribution in [0.1, 0.15) is 43.5 Å². The fourth-order valence-corrected chi connectivity index (χ4v) is 3.07. The molecular formula is C14H23NO2S. The van der Waals surface area contributed by atoms with Gasteiger partial charge in [-0.25, -0.2) is 0 Å². The highest BCUT2D eigenvalue weighted by Crippen LogP contribution is 2.21. The summed E-state index contributed by atoms with van der Waals surface area (Å²) in [5.74, 6) is 0. The fourth-order valence-electron chi connectivity index (χ4n) is 2.31. The molecular weight excluding hydrogens is 246 g/mol. The second-order valence-corrected chi connectivity index (χ2v) is 6.02. The van der Waals surface area contributed by atoms with Crippen molar-refractivity contribution in [3.63, 3.8) is 0 Å². The van der Waals surface area contributed by atoms with Gasteiger partial charge in [-0.2, -0.15) is 0 Å². The van der Waals surface area contributed by atoms with Crippen molar-refractivity contribution in [2.45, 2.75) is 50.9 Å². The SMILES string of the molecule is CC(NCC(O)COC1CCCC1)c1cccs1. The van der Waals surface area contributed by atoms with Crippen LogP contribution in [0.5, 0.6) is 0 Å². The van der Waals surface area contributed by atoms with E-state index in [1.165, 1.54) is 17.7 Å². The van der Waals surface area contributed by atoms with Crippen LogP contribution in [0, 0.1) is 0 Å². The van der Waals surface area contributed by atoms with E-state index in [2.05, 4.69) is 29.8 Å². The Bertz CT molecular complexity index is 323. The number of aliphatic hydroxyl groups excluding tert-OH is 1. The molecule has 0 radical (unpaired) electrons. The molecule has 4 heteroatoms. The predicted octanol–water partition coefficient (Wildman–Crippen LogP) is 2.72. The third-order valence-corrected chi connectivity index (χ3v) is 4.51. The van der Waals surface area contributed by atoms with Gasteiger partial charge in [-0.15, -0.1) is 11.3 Å². The van der Waals surface area contributed by atoms with E-state index in [-0.39, 0.29) is 0 Å². The minimum absolute atomic E-state index is 0.297. The number of hydrogen-bond acceptors (Lipinski definition) is 4. The van der Waals surface area contributed by atoms with Crippen LogP contribution < -0.4 is 5.32 Å². The lowest BCUT2D eigenvalue weighted by molar-refractivity contribution is -0.00607. The Hall–Kier alpha value is -0.420. The molecule has 1 aliphatic carbocycles. The van der Waals surface area contributed by atoms with E-state index in [1.54, 1.807) is 11.3 Å². The van der Waals surface area contributed by atoms with Gasteiger partial charge in [0.15, 0.2) is 0 Å². The topological polar surface area (TPSA) is 41.5 Å². The molecule has 1 aromatic rings. The number of thiophene rings is 1. The molecule has 0 aliphatic heterocycles. The third-order valence-electron chi connectivity index (χ3n) is 3.46. The molecule has 2 N–H and O–H groups in total. The van der Waals surface area contributed by atoms with Gasteiger partial charge in [-0.1, -0.05) is 18.9 Å². The van der Waals surface area contributed by atoms with Crippen molar-refractivity contribution < 1.29 is 9.84 Å². The Morgan fingerprint density at radius 3 is 2.94 bits per heavy atom. The van der Waals surface area contributed by atoms with Crippen LogP contribution in [0.25, 0.3) is 0 Å². The number of ether oxygens (including phenoxy) is 1. The summed E-state index contributed by atoms with van der Waals surface area (Å²) in [4.78, 5) is 1.30. The van der Waals surface area contributed by atoms with Crippen LogP contribution in [0.2, 0.25) is 0 Å². The Labute approximate surface area is 113 Å². The summed E-state index contributed by atoms with van der Waals surface area (Å²) in [6.45, 7) is 3.16. The van der Waals surface area contributed by atoms with Crippen LogP contribution in [0.4, 0.5) is 0 Å². The maximum absolute atomic E-state index is 9.87. The van der Waals surface area contributed by atoms with E-state index in [0.29, 0.717) is 25.3 Å². The van der Waals surface area contributed by atoms with E-state index in [0.717, 1.165) is 12.8 Å². The maximum atomic E-state index is 9.87. The van der Waals surface area contributed by atoms with Crippen LogP contribution in [-0.2, 0) is 4.74 Å². The fraction of sp³-hybridized carbons (Fsp3) is 0.714. The molecule has 2 rings (SSSR count). The average molecular weight is 269 g/mol. The minimum atomic E-state index is -0.409. The van der Waals surface area contributed by atoms with Crippen molar-refractivity contribution in [1.82, 2.24) is 5.32 Å². The van der Waals surface area contributed by atoms with Crippen molar-refractivity contribution in [3.8, 4) is 0 Å². The van der Waals surface area contributed by atoms with Gasteiger partial charge in [0.2, 0.25) is 0 Å². The lowest BCUT2D eigenvalue weighted by atomic mass is 10.2. The summed E-state index contributed by atoms with van der Waals surface area (Å²) in [6.07, 6.45) is 4.84. The van der Waals surface area contributed by atoms with Gasteiger partial charge >= 0.3 is 0 Å². The predicted molar refractivity (Wildman–Crippen MR) is 75.0 cm³/mol. The average Bonchev–Trinajstić information content (AvgIpc) is 3.05. The molecule has 0 bridgehead atoms. The molecule has 18 heavy (non-hydrogen) atoms. The summed E-state index contributed by atoms with van der Waals surface area (Å²) < 4.78 is 5.70. The van der Waals surface area contributed by atoms with Crippen molar-refractivity contribution in [2.75, 3.05) is 13.2 Å². The quantitative estimate of drug-likeness (QED) is 0.799. The monoisotopic (exact) mass is 269 g/mol. The first-order valence-electron chi connectivity index (χ1n) is 6.82. The van der Waals surface area contributed by atoms with Gasteiger partial charge in [-0.05, 0) is 31.2 Å². The van der Waals surface area contributed by atoms with Crippen LogP contribution in [0.3, 0.4) is 0 Å². The molecule has 2 atom stereocenters. The van der Waals surface area contributed by atoms with E-state index in [9.17, 15) is 5.11 Å². The molecule has 0 saturated heterocycles. The molecule has 1 aliphatic rings. The Morgan fingerprint density at radius 2 is 2.28 bits per heavy atom. The van der Waals surface area contributed by atoms with Crippen molar-refractivity contribution in [3.05, 3.63) is 22.4 Å². The zero-order valence-electron chi connectivity index (χ0n) is 11.0. The summed E-state index contributed by atoms with van der Waals surface area (Å²) in [5, 5.41) is 15.3. The summed E-state index contributed by atoms with van der Waals surface area (Å²) in [5.41, 5.74) is 0. The largest absolute Gasteiger partial charge is 0.389 e. The molecule has 0 aromatic carbocycles. The highest BCUT2D eigenvalue weighted by molar-refractivity contribution is 7.10. The molecule has 0 spiro atoms. The van der Waals surface area contributed by atoms with E-state index >= 15 is 0 Å².